The first kappa shape index (κ1) is 80.5. The van der Waals surface area contributed by atoms with Crippen molar-refractivity contribution in [2.75, 3.05) is 33.0 Å². The Kier molecular flexibility index (Phi) is 29.9. The Labute approximate surface area is 568 Å². The van der Waals surface area contributed by atoms with Gasteiger partial charge in [0.05, 0.1) is 73.3 Å². The average Bonchev–Trinajstić information content (AvgIpc) is 1.58. The van der Waals surface area contributed by atoms with Crippen molar-refractivity contribution in [2.24, 2.45) is 69.5 Å². The molecule has 10 rings (SSSR count). The van der Waals surface area contributed by atoms with Crippen molar-refractivity contribution in [1.29, 1.82) is 0 Å². The molecule has 17 unspecified atom stereocenters. The van der Waals surface area contributed by atoms with Crippen LogP contribution >= 0.6 is 0 Å². The van der Waals surface area contributed by atoms with Crippen LogP contribution in [0.1, 0.15) is 207 Å². The van der Waals surface area contributed by atoms with Gasteiger partial charge in [-0.1, -0.05) is 76.2 Å². The Balaban J connectivity index is 0.000000211. The number of ketones is 1. The maximum absolute atomic E-state index is 12.1. The minimum absolute atomic E-state index is 0.0199. The van der Waals surface area contributed by atoms with Crippen molar-refractivity contribution in [3.05, 3.63) is 0 Å². The van der Waals surface area contributed by atoms with E-state index in [4.69, 9.17) is 47.4 Å². The fraction of sp³-hybridized carbons (Fsp3) is 0.800. The van der Waals surface area contributed by atoms with Crippen LogP contribution in [0, 0.1) is 69.5 Å². The molecular weight excluding hydrogens is 1270 g/mol. The van der Waals surface area contributed by atoms with Crippen LogP contribution in [0.2, 0.25) is 0 Å². The van der Waals surface area contributed by atoms with Gasteiger partial charge in [-0.2, -0.15) is 0 Å². The van der Waals surface area contributed by atoms with E-state index in [-0.39, 0.29) is 115 Å². The predicted octanol–water partition coefficient (Wildman–Crippen LogP) is 7.68. The molecule has 6 saturated heterocycles. The van der Waals surface area contributed by atoms with Crippen LogP contribution in [0.15, 0.2) is 0 Å². The van der Waals surface area contributed by atoms with Gasteiger partial charge in [-0.15, -0.1) is 0 Å². The smallest absolute Gasteiger partial charge is 0.347 e. The molecule has 0 spiro atoms. The minimum atomic E-state index is -0.857. The quantitative estimate of drug-likeness (QED) is 0.0699. The Morgan fingerprint density at radius 2 is 0.763 bits per heavy atom. The highest BCUT2D eigenvalue weighted by atomic mass is 16.6. The van der Waals surface area contributed by atoms with Crippen LogP contribution in [-0.4, -0.2) is 165 Å². The first-order valence-electron chi connectivity index (χ1n) is 34.6. The van der Waals surface area contributed by atoms with Crippen LogP contribution in [0.25, 0.3) is 0 Å². The lowest BCUT2D eigenvalue weighted by Crippen LogP contribution is -2.39. The molecule has 4 saturated carbocycles. The second kappa shape index (κ2) is 36.0. The predicted molar refractivity (Wildman–Crippen MR) is 337 cm³/mol. The Bertz CT molecular complexity index is 2840. The standard InChI is InChI=1S/C14H20O4.C13H20O5.C13H18O4.C11H16O6.C10H16O4.C9H14O4/c1-4-14(2,3)13(16)18-10-7-5-8-9(6-7)12(15)17-11(8)10;1-4-13(2,3)10(14)5-6-11(15)18-9-7-8-17-12(9)16;1-3-6(2)12(14)16-10-7-4-8-9(5-7)13(15)17-11(8)10;1-3-7(2)10(13)16-6-9(12)17-8-4-5-15-11(8)14;1-4-10(2,3)9(12)14-7-5-6-13-8(7)11;1-3-6(2)8(10)13-7-4-5-12-9(7)11/h7-11H,4-6H2,1-3H3;9H,4-8H2,1-3H3;6-11H,3-5H2,1-2H3;7-8H,3-6H2,1-2H3;7H,4-6H2,1-3H3;6-7H,3-5H2,1-2H3. The van der Waals surface area contributed by atoms with Gasteiger partial charge in [-0.3, -0.25) is 43.2 Å². The average molecular weight is 1380 g/mol. The Morgan fingerprint density at radius 1 is 0.412 bits per heavy atom. The van der Waals surface area contributed by atoms with Crippen LogP contribution in [0.5, 0.6) is 0 Å². The second-order valence-corrected chi connectivity index (χ2v) is 28.4. The highest BCUT2D eigenvalue weighted by Gasteiger charge is 2.65. The number of hydrogen-bond acceptors (Lipinski definition) is 27. The maximum Gasteiger partial charge on any atom is 0.347 e. The van der Waals surface area contributed by atoms with Crippen molar-refractivity contribution < 1.29 is 129 Å². The Morgan fingerprint density at radius 3 is 1.14 bits per heavy atom. The molecule has 10 fully saturated rings. The topological polar surface area (TPSA) is 359 Å². The normalized spacial score (nSPS) is 28.9. The molecule has 17 atom stereocenters. The summed E-state index contributed by atoms with van der Waals surface area (Å²) in [6, 6.07) is 0. The summed E-state index contributed by atoms with van der Waals surface area (Å²) in [6.45, 7) is 28.8. The molecule has 4 bridgehead atoms. The number of rotatable bonds is 23. The van der Waals surface area contributed by atoms with Crippen LogP contribution in [-0.2, 0) is 129 Å². The molecule has 6 aliphatic heterocycles. The number of carbonyl (C=O) groups is 14. The first-order valence-corrected chi connectivity index (χ1v) is 34.6. The van der Waals surface area contributed by atoms with E-state index in [1.165, 1.54) is 0 Å². The fourth-order valence-corrected chi connectivity index (χ4v) is 11.8. The van der Waals surface area contributed by atoms with Gasteiger partial charge in [0, 0.05) is 61.2 Å². The van der Waals surface area contributed by atoms with Gasteiger partial charge in [0.2, 0.25) is 24.4 Å². The molecular formula is C70H104O27. The highest BCUT2D eigenvalue weighted by molar-refractivity contribution is 5.88. The number of cyclic esters (lactones) is 4. The third-order valence-electron chi connectivity index (χ3n) is 20.4. The zero-order valence-electron chi connectivity index (χ0n) is 59.2. The molecule has 4 aliphatic carbocycles. The number of carbonyl (C=O) groups excluding carboxylic acids is 14. The summed E-state index contributed by atoms with van der Waals surface area (Å²) in [5.41, 5.74) is -1.39. The van der Waals surface area contributed by atoms with Crippen LogP contribution in [0.4, 0.5) is 0 Å². The molecule has 0 radical (unpaired) electrons. The molecule has 97 heavy (non-hydrogen) atoms. The molecule has 27 heteroatoms. The summed E-state index contributed by atoms with van der Waals surface area (Å²) < 4.78 is 65.1. The lowest BCUT2D eigenvalue weighted by Gasteiger charge is -2.29. The molecule has 0 amide bonds. The zero-order chi connectivity index (χ0) is 72.4. The van der Waals surface area contributed by atoms with E-state index in [1.54, 1.807) is 27.7 Å². The van der Waals surface area contributed by atoms with E-state index in [9.17, 15) is 67.1 Å². The first-order chi connectivity index (χ1) is 45.6. The number of esters is 13. The molecule has 0 aromatic heterocycles. The van der Waals surface area contributed by atoms with Gasteiger partial charge in [0.15, 0.2) is 6.61 Å². The van der Waals surface area contributed by atoms with Crippen molar-refractivity contribution in [1.82, 2.24) is 0 Å². The summed E-state index contributed by atoms with van der Waals surface area (Å²) >= 11 is 0. The fourth-order valence-electron chi connectivity index (χ4n) is 11.8. The second-order valence-electron chi connectivity index (χ2n) is 28.4. The van der Waals surface area contributed by atoms with Crippen molar-refractivity contribution in [3.8, 4) is 0 Å². The lowest BCUT2D eigenvalue weighted by atomic mass is 9.83. The molecule has 546 valence electrons. The SMILES string of the molecule is CCC(C)(C)C(=O)CCC(=O)OC1CCOC1=O.CCC(C)(C)C(=O)OC1C2CC3C(=O)OC1C3C2.CCC(C)(C)C(=O)OC1CCOC1=O.CCC(C)C(=O)OC1C2CC3C(=O)OC1C3C2.CCC(C)C(=O)OC1CCOC1=O.CCC(C)C(=O)OCC(=O)OC1CCOC1=O. The van der Waals surface area contributed by atoms with Gasteiger partial charge in [-0.05, 0) is 91.9 Å². The third kappa shape index (κ3) is 21.6. The largest absolute Gasteiger partial charge is 0.463 e. The van der Waals surface area contributed by atoms with E-state index >= 15 is 0 Å². The van der Waals surface area contributed by atoms with Gasteiger partial charge >= 0.3 is 77.6 Å². The lowest BCUT2D eigenvalue weighted by molar-refractivity contribution is -0.170. The summed E-state index contributed by atoms with van der Waals surface area (Å²) in [6.07, 6.45) is 6.17. The van der Waals surface area contributed by atoms with Gasteiger partial charge < -0.3 is 61.6 Å². The summed E-state index contributed by atoms with van der Waals surface area (Å²) in [5.74, 6) is -3.69. The summed E-state index contributed by atoms with van der Waals surface area (Å²) in [5, 5.41) is 0. The monoisotopic (exact) mass is 1380 g/mol. The maximum atomic E-state index is 12.1. The number of hydrogen-bond donors (Lipinski definition) is 0. The molecule has 0 aromatic rings. The van der Waals surface area contributed by atoms with E-state index < -0.39 is 89.1 Å². The van der Waals surface area contributed by atoms with Crippen LogP contribution in [0.3, 0.4) is 0 Å². The van der Waals surface area contributed by atoms with Crippen LogP contribution < -0.4 is 0 Å². The third-order valence-corrected chi connectivity index (χ3v) is 20.4. The highest BCUT2D eigenvalue weighted by Crippen LogP contribution is 2.57. The molecule has 6 heterocycles. The molecule has 10 aliphatic rings. The number of Topliss-reactive ketones (excluding diaryl/α,β-unsaturated/α-hetero) is 1. The molecule has 27 nitrogen and oxygen atoms in total. The van der Waals surface area contributed by atoms with E-state index in [2.05, 4.69) is 14.2 Å². The van der Waals surface area contributed by atoms with Gasteiger partial charge in [-0.25, -0.2) is 24.0 Å². The van der Waals surface area contributed by atoms with E-state index in [0.29, 0.717) is 82.0 Å². The number of fused-ring (bicyclic) bond motifs is 2. The zero-order valence-corrected chi connectivity index (χ0v) is 59.2. The Hall–Kier alpha value is -7.22. The van der Waals surface area contributed by atoms with Crippen molar-refractivity contribution in [3.63, 3.8) is 0 Å². The van der Waals surface area contributed by atoms with E-state index in [1.807, 2.05) is 76.2 Å². The van der Waals surface area contributed by atoms with Crippen molar-refractivity contribution >= 4 is 83.4 Å². The van der Waals surface area contributed by atoms with Gasteiger partial charge in [0.25, 0.3) is 0 Å². The molecule has 0 aromatic carbocycles. The van der Waals surface area contributed by atoms with E-state index in [0.717, 1.165) is 51.4 Å². The van der Waals surface area contributed by atoms with Gasteiger partial charge in [0.1, 0.15) is 30.2 Å². The number of ether oxygens (including phenoxy) is 13. The minimum Gasteiger partial charge on any atom is -0.463 e. The van der Waals surface area contributed by atoms with Crippen molar-refractivity contribution in [2.45, 2.75) is 255 Å². The summed E-state index contributed by atoms with van der Waals surface area (Å²) in [7, 11) is 0. The molecule has 0 N–H and O–H groups in total. The summed E-state index contributed by atoms with van der Waals surface area (Å²) in [4.78, 5) is 160.